The van der Waals surface area contributed by atoms with Gasteiger partial charge in [-0.2, -0.15) is 0 Å². The van der Waals surface area contributed by atoms with Crippen LogP contribution in [-0.4, -0.2) is 4.98 Å². The maximum Gasteiger partial charge on any atom is 0.0299 e. The molecule has 0 bridgehead atoms. The van der Waals surface area contributed by atoms with Crippen LogP contribution in [0.1, 0.15) is 23.6 Å². The van der Waals surface area contributed by atoms with Crippen molar-refractivity contribution in [1.29, 1.82) is 0 Å². The van der Waals surface area contributed by atoms with Gasteiger partial charge in [0.25, 0.3) is 0 Å². The number of aromatic nitrogens is 1. The van der Waals surface area contributed by atoms with Gasteiger partial charge in [-0.05, 0) is 36.1 Å². The third kappa shape index (κ3) is 2.91. The minimum atomic E-state index is 0.100. The fraction of sp³-hybridized carbons (Fsp3) is 0.214. The molecule has 0 amide bonds. The molecule has 0 aliphatic carbocycles. The summed E-state index contributed by atoms with van der Waals surface area (Å²) in [6.07, 6.45) is 5.56. The van der Waals surface area contributed by atoms with Crippen LogP contribution >= 0.6 is 0 Å². The third-order valence-corrected chi connectivity index (χ3v) is 2.72. The number of pyridine rings is 1. The van der Waals surface area contributed by atoms with Crippen LogP contribution in [0.3, 0.4) is 0 Å². The summed E-state index contributed by atoms with van der Waals surface area (Å²) in [6, 6.07) is 14.5. The van der Waals surface area contributed by atoms with Gasteiger partial charge in [-0.25, -0.2) is 0 Å². The summed E-state index contributed by atoms with van der Waals surface area (Å²) >= 11 is 0. The summed E-state index contributed by atoms with van der Waals surface area (Å²) in [5.41, 5.74) is 8.61. The lowest BCUT2D eigenvalue weighted by molar-refractivity contribution is 0.650. The highest BCUT2D eigenvalue weighted by atomic mass is 14.6. The van der Waals surface area contributed by atoms with Crippen molar-refractivity contribution in [1.82, 2.24) is 4.98 Å². The zero-order chi connectivity index (χ0) is 11.2. The summed E-state index contributed by atoms with van der Waals surface area (Å²) in [7, 11) is 0. The molecule has 0 saturated heterocycles. The predicted octanol–water partition coefficient (Wildman–Crippen LogP) is 2.71. The summed E-state index contributed by atoms with van der Waals surface area (Å²) in [5, 5.41) is 0. The van der Waals surface area contributed by atoms with E-state index in [2.05, 4.69) is 29.2 Å². The summed E-state index contributed by atoms with van der Waals surface area (Å²) in [6.45, 7) is 0. The molecule has 2 heteroatoms. The van der Waals surface area contributed by atoms with E-state index in [1.807, 2.05) is 18.2 Å². The first-order valence-electron chi connectivity index (χ1n) is 5.55. The van der Waals surface area contributed by atoms with Crippen LogP contribution in [0.2, 0.25) is 0 Å². The van der Waals surface area contributed by atoms with Crippen LogP contribution in [-0.2, 0) is 6.42 Å². The number of aryl methyl sites for hydroxylation is 1. The van der Waals surface area contributed by atoms with Gasteiger partial charge in [0.2, 0.25) is 0 Å². The zero-order valence-corrected chi connectivity index (χ0v) is 9.21. The molecule has 82 valence electrons. The van der Waals surface area contributed by atoms with Gasteiger partial charge in [0.15, 0.2) is 0 Å². The van der Waals surface area contributed by atoms with Gasteiger partial charge in [0.05, 0.1) is 0 Å². The molecule has 0 aliphatic heterocycles. The van der Waals surface area contributed by atoms with Crippen molar-refractivity contribution < 1.29 is 0 Å². The van der Waals surface area contributed by atoms with E-state index in [0.29, 0.717) is 0 Å². The van der Waals surface area contributed by atoms with E-state index in [1.54, 1.807) is 12.4 Å². The van der Waals surface area contributed by atoms with Gasteiger partial charge < -0.3 is 5.73 Å². The molecule has 1 aromatic heterocycles. The summed E-state index contributed by atoms with van der Waals surface area (Å²) in [4.78, 5) is 3.99. The predicted molar refractivity (Wildman–Crippen MR) is 65.9 cm³/mol. The highest BCUT2D eigenvalue weighted by Crippen LogP contribution is 2.15. The summed E-state index contributed by atoms with van der Waals surface area (Å²) in [5.74, 6) is 0. The first-order chi connectivity index (χ1) is 7.86. The smallest absolute Gasteiger partial charge is 0.0299 e. The second-order valence-corrected chi connectivity index (χ2v) is 3.91. The zero-order valence-electron chi connectivity index (χ0n) is 9.21. The van der Waals surface area contributed by atoms with E-state index in [4.69, 9.17) is 5.73 Å². The molecule has 2 rings (SSSR count). The highest BCUT2D eigenvalue weighted by molar-refractivity contribution is 5.17. The number of hydrogen-bond donors (Lipinski definition) is 1. The van der Waals surface area contributed by atoms with Gasteiger partial charge in [-0.3, -0.25) is 4.98 Å². The normalized spacial score (nSPS) is 12.3. The number of benzene rings is 1. The standard InChI is InChI=1S/C14H16N2/c15-14(13-8-10-16-11-9-13)7-6-12-4-2-1-3-5-12/h1-5,8-11,14H,6-7,15H2. The van der Waals surface area contributed by atoms with Gasteiger partial charge >= 0.3 is 0 Å². The molecule has 1 heterocycles. The third-order valence-electron chi connectivity index (χ3n) is 2.72. The van der Waals surface area contributed by atoms with Gasteiger partial charge in [0.1, 0.15) is 0 Å². The molecule has 0 saturated carbocycles. The van der Waals surface area contributed by atoms with Crippen LogP contribution in [0, 0.1) is 0 Å². The topological polar surface area (TPSA) is 38.9 Å². The number of hydrogen-bond acceptors (Lipinski definition) is 2. The van der Waals surface area contributed by atoms with Crippen molar-refractivity contribution in [2.75, 3.05) is 0 Å². The molecule has 0 fully saturated rings. The molecule has 0 spiro atoms. The molecular weight excluding hydrogens is 196 g/mol. The van der Waals surface area contributed by atoms with Crippen molar-refractivity contribution >= 4 is 0 Å². The second-order valence-electron chi connectivity index (χ2n) is 3.91. The Morgan fingerprint density at radius 3 is 2.38 bits per heavy atom. The second kappa shape index (κ2) is 5.42. The molecule has 2 nitrogen and oxygen atoms in total. The molecule has 16 heavy (non-hydrogen) atoms. The van der Waals surface area contributed by atoms with Crippen LogP contribution in [0.4, 0.5) is 0 Å². The van der Waals surface area contributed by atoms with Crippen LogP contribution in [0.15, 0.2) is 54.9 Å². The molecule has 0 aliphatic rings. The van der Waals surface area contributed by atoms with Crippen molar-refractivity contribution in [3.63, 3.8) is 0 Å². The van der Waals surface area contributed by atoms with E-state index in [-0.39, 0.29) is 6.04 Å². The number of nitrogens with zero attached hydrogens (tertiary/aromatic N) is 1. The molecule has 0 radical (unpaired) electrons. The minimum absolute atomic E-state index is 0.100. The van der Waals surface area contributed by atoms with Crippen molar-refractivity contribution in [2.45, 2.75) is 18.9 Å². The Morgan fingerprint density at radius 1 is 1.00 bits per heavy atom. The van der Waals surface area contributed by atoms with Crippen molar-refractivity contribution in [3.05, 3.63) is 66.0 Å². The Bertz CT molecular complexity index is 411. The van der Waals surface area contributed by atoms with E-state index in [0.717, 1.165) is 18.4 Å². The van der Waals surface area contributed by atoms with Crippen LogP contribution < -0.4 is 5.73 Å². The van der Waals surface area contributed by atoms with Crippen LogP contribution in [0.5, 0.6) is 0 Å². The van der Waals surface area contributed by atoms with E-state index < -0.39 is 0 Å². The quantitative estimate of drug-likeness (QED) is 0.846. The SMILES string of the molecule is NC(CCc1ccccc1)c1ccncc1. The Labute approximate surface area is 96.1 Å². The molecular formula is C14H16N2. The lowest BCUT2D eigenvalue weighted by atomic mass is 10.0. The first kappa shape index (κ1) is 10.8. The monoisotopic (exact) mass is 212 g/mol. The van der Waals surface area contributed by atoms with E-state index >= 15 is 0 Å². The lowest BCUT2D eigenvalue weighted by Crippen LogP contribution is -2.11. The van der Waals surface area contributed by atoms with Gasteiger partial charge in [-0.15, -0.1) is 0 Å². The Morgan fingerprint density at radius 2 is 1.69 bits per heavy atom. The number of nitrogens with two attached hydrogens (primary N) is 1. The maximum atomic E-state index is 6.12. The lowest BCUT2D eigenvalue weighted by Gasteiger charge is -2.11. The summed E-state index contributed by atoms with van der Waals surface area (Å²) < 4.78 is 0. The molecule has 2 aromatic rings. The van der Waals surface area contributed by atoms with Crippen molar-refractivity contribution in [3.8, 4) is 0 Å². The van der Waals surface area contributed by atoms with Crippen LogP contribution in [0.25, 0.3) is 0 Å². The fourth-order valence-corrected chi connectivity index (χ4v) is 1.74. The molecule has 1 atom stereocenters. The van der Waals surface area contributed by atoms with Gasteiger partial charge in [0, 0.05) is 18.4 Å². The van der Waals surface area contributed by atoms with Gasteiger partial charge in [-0.1, -0.05) is 30.3 Å². The van der Waals surface area contributed by atoms with E-state index in [9.17, 15) is 0 Å². The minimum Gasteiger partial charge on any atom is -0.324 e. The average molecular weight is 212 g/mol. The average Bonchev–Trinajstić information content (AvgIpc) is 2.38. The molecule has 1 unspecified atom stereocenters. The fourth-order valence-electron chi connectivity index (χ4n) is 1.74. The number of rotatable bonds is 4. The van der Waals surface area contributed by atoms with E-state index in [1.165, 1.54) is 5.56 Å². The Hall–Kier alpha value is -1.67. The van der Waals surface area contributed by atoms with Crippen molar-refractivity contribution in [2.24, 2.45) is 5.73 Å². The first-order valence-corrected chi connectivity index (χ1v) is 5.55. The molecule has 2 N–H and O–H groups in total. The Balaban J connectivity index is 1.92. The maximum absolute atomic E-state index is 6.12. The largest absolute Gasteiger partial charge is 0.324 e. The Kier molecular flexibility index (Phi) is 3.67. The molecule has 1 aromatic carbocycles. The highest BCUT2D eigenvalue weighted by Gasteiger charge is 2.05.